The van der Waals surface area contributed by atoms with Crippen molar-refractivity contribution in [2.24, 2.45) is 17.6 Å². The summed E-state index contributed by atoms with van der Waals surface area (Å²) in [5.41, 5.74) is 6.93. The Hall–Kier alpha value is -1.20. The Labute approximate surface area is 169 Å². The van der Waals surface area contributed by atoms with Gasteiger partial charge in [0, 0.05) is 39.5 Å². The molecule has 2 N–H and O–H groups in total. The van der Waals surface area contributed by atoms with Crippen molar-refractivity contribution in [3.8, 4) is 0 Å². The maximum atomic E-state index is 12.8. The molecule has 0 bridgehead atoms. The maximum Gasteiger partial charge on any atom is 0.253 e. The van der Waals surface area contributed by atoms with Gasteiger partial charge in [-0.15, -0.1) is 12.4 Å². The minimum atomic E-state index is 0. The van der Waals surface area contributed by atoms with E-state index >= 15 is 0 Å². The van der Waals surface area contributed by atoms with Crippen molar-refractivity contribution in [3.63, 3.8) is 0 Å². The van der Waals surface area contributed by atoms with Crippen molar-refractivity contribution in [1.29, 1.82) is 0 Å². The molecule has 4 rings (SSSR count). The zero-order chi connectivity index (χ0) is 17.4. The third-order valence-corrected chi connectivity index (χ3v) is 6.62. The van der Waals surface area contributed by atoms with E-state index in [1.54, 1.807) is 11.8 Å². The molecule has 1 amide bonds. The van der Waals surface area contributed by atoms with E-state index in [1.165, 1.54) is 0 Å². The standard InChI is InChI=1S/C20H21ClN2OS.ClH/c21-15-4-8-17(9-5-15)25-16-6-1-13(2-7-16)20(24)23-11-14-3-10-19(22)18(14)12-23;/h1-2,4-9,14,18-19H,3,10-12,22H2;1H. The summed E-state index contributed by atoms with van der Waals surface area (Å²) in [7, 11) is 0. The van der Waals surface area contributed by atoms with Crippen LogP contribution in [-0.4, -0.2) is 29.9 Å². The molecule has 2 fully saturated rings. The zero-order valence-electron chi connectivity index (χ0n) is 14.3. The van der Waals surface area contributed by atoms with Gasteiger partial charge in [-0.2, -0.15) is 0 Å². The lowest BCUT2D eigenvalue weighted by atomic mass is 9.98. The summed E-state index contributed by atoms with van der Waals surface area (Å²) in [6.07, 6.45) is 2.26. The van der Waals surface area contributed by atoms with Crippen molar-refractivity contribution in [2.45, 2.75) is 28.7 Å². The predicted octanol–water partition coefficient (Wildman–Crippen LogP) is 4.72. The van der Waals surface area contributed by atoms with Gasteiger partial charge in [0.25, 0.3) is 5.91 Å². The number of halogens is 2. The van der Waals surface area contributed by atoms with Crippen molar-refractivity contribution in [2.75, 3.05) is 13.1 Å². The Morgan fingerprint density at radius 3 is 2.23 bits per heavy atom. The minimum Gasteiger partial charge on any atom is -0.338 e. The van der Waals surface area contributed by atoms with Crippen LogP contribution in [0.2, 0.25) is 5.02 Å². The molecule has 138 valence electrons. The number of fused-ring (bicyclic) bond motifs is 1. The number of nitrogens with two attached hydrogens (primary N) is 1. The Balaban J connectivity index is 0.00000196. The summed E-state index contributed by atoms with van der Waals surface area (Å²) in [5.74, 6) is 1.21. The molecule has 0 spiro atoms. The van der Waals surface area contributed by atoms with E-state index in [4.69, 9.17) is 17.3 Å². The molecule has 3 unspecified atom stereocenters. The van der Waals surface area contributed by atoms with E-state index in [1.807, 2.05) is 53.4 Å². The highest BCUT2D eigenvalue weighted by Crippen LogP contribution is 2.37. The van der Waals surface area contributed by atoms with E-state index in [-0.39, 0.29) is 24.4 Å². The normalized spacial score (nSPS) is 24.2. The summed E-state index contributed by atoms with van der Waals surface area (Å²) < 4.78 is 0. The molecule has 0 radical (unpaired) electrons. The highest BCUT2D eigenvalue weighted by Gasteiger charge is 2.42. The highest BCUT2D eigenvalue weighted by atomic mass is 35.5. The van der Waals surface area contributed by atoms with E-state index in [9.17, 15) is 4.79 Å². The molecule has 2 aliphatic rings. The Morgan fingerprint density at radius 1 is 1.00 bits per heavy atom. The molecule has 3 atom stereocenters. The summed E-state index contributed by atoms with van der Waals surface area (Å²) >= 11 is 7.58. The van der Waals surface area contributed by atoms with Crippen LogP contribution in [0.5, 0.6) is 0 Å². The Morgan fingerprint density at radius 2 is 1.62 bits per heavy atom. The van der Waals surface area contributed by atoms with Crippen LogP contribution in [0.3, 0.4) is 0 Å². The van der Waals surface area contributed by atoms with Gasteiger partial charge in [-0.1, -0.05) is 23.4 Å². The molecule has 1 saturated carbocycles. The number of nitrogens with zero attached hydrogens (tertiary/aromatic N) is 1. The number of amides is 1. The van der Waals surface area contributed by atoms with Crippen LogP contribution < -0.4 is 5.73 Å². The van der Waals surface area contributed by atoms with E-state index in [0.29, 0.717) is 11.8 Å². The number of benzene rings is 2. The van der Waals surface area contributed by atoms with Gasteiger partial charge in [-0.3, -0.25) is 4.79 Å². The molecular weight excluding hydrogens is 387 g/mol. The summed E-state index contributed by atoms with van der Waals surface area (Å²) in [4.78, 5) is 17.0. The van der Waals surface area contributed by atoms with Crippen LogP contribution in [-0.2, 0) is 0 Å². The molecule has 1 aliphatic carbocycles. The molecule has 1 aliphatic heterocycles. The van der Waals surface area contributed by atoms with Crippen LogP contribution in [0.4, 0.5) is 0 Å². The summed E-state index contributed by atoms with van der Waals surface area (Å²) in [5, 5.41) is 0.736. The Kier molecular flexibility index (Phi) is 6.18. The minimum absolute atomic E-state index is 0. The fraction of sp³-hybridized carbons (Fsp3) is 0.350. The number of carbonyl (C=O) groups is 1. The van der Waals surface area contributed by atoms with Crippen LogP contribution in [0, 0.1) is 11.8 Å². The number of carbonyl (C=O) groups excluding carboxylic acids is 1. The first-order chi connectivity index (χ1) is 12.1. The molecule has 1 heterocycles. The highest BCUT2D eigenvalue weighted by molar-refractivity contribution is 7.99. The topological polar surface area (TPSA) is 46.3 Å². The first-order valence-corrected chi connectivity index (χ1v) is 9.88. The molecule has 26 heavy (non-hydrogen) atoms. The van der Waals surface area contributed by atoms with Gasteiger partial charge < -0.3 is 10.6 Å². The van der Waals surface area contributed by atoms with E-state index < -0.39 is 0 Å². The first-order valence-electron chi connectivity index (χ1n) is 8.68. The molecular formula is C20H22Cl2N2OS. The lowest BCUT2D eigenvalue weighted by molar-refractivity contribution is 0.0779. The van der Waals surface area contributed by atoms with Crippen molar-refractivity contribution >= 4 is 41.7 Å². The average molecular weight is 409 g/mol. The van der Waals surface area contributed by atoms with Gasteiger partial charge in [0.15, 0.2) is 0 Å². The van der Waals surface area contributed by atoms with Gasteiger partial charge in [-0.25, -0.2) is 0 Å². The fourth-order valence-electron chi connectivity index (χ4n) is 3.96. The van der Waals surface area contributed by atoms with Crippen LogP contribution in [0.1, 0.15) is 23.2 Å². The van der Waals surface area contributed by atoms with Gasteiger partial charge in [0.2, 0.25) is 0 Å². The SMILES string of the molecule is Cl.NC1CCC2CN(C(=O)c3ccc(Sc4ccc(Cl)cc4)cc3)CC12. The largest absolute Gasteiger partial charge is 0.338 e. The van der Waals surface area contributed by atoms with Crippen molar-refractivity contribution < 1.29 is 4.79 Å². The van der Waals surface area contributed by atoms with E-state index in [0.717, 1.165) is 46.3 Å². The third kappa shape index (κ3) is 4.04. The quantitative estimate of drug-likeness (QED) is 0.798. The molecule has 1 saturated heterocycles. The van der Waals surface area contributed by atoms with Gasteiger partial charge in [0.1, 0.15) is 0 Å². The smallest absolute Gasteiger partial charge is 0.253 e. The maximum absolute atomic E-state index is 12.8. The average Bonchev–Trinajstić information content (AvgIpc) is 3.19. The second-order valence-corrected chi connectivity index (χ2v) is 8.54. The second-order valence-electron chi connectivity index (χ2n) is 6.96. The molecule has 2 aromatic carbocycles. The third-order valence-electron chi connectivity index (χ3n) is 5.35. The van der Waals surface area contributed by atoms with Crippen molar-refractivity contribution in [3.05, 3.63) is 59.1 Å². The molecule has 3 nitrogen and oxygen atoms in total. The van der Waals surface area contributed by atoms with Crippen LogP contribution in [0.25, 0.3) is 0 Å². The van der Waals surface area contributed by atoms with Crippen LogP contribution in [0.15, 0.2) is 58.3 Å². The number of rotatable bonds is 3. The van der Waals surface area contributed by atoms with Gasteiger partial charge in [0.05, 0.1) is 0 Å². The monoisotopic (exact) mass is 408 g/mol. The predicted molar refractivity (Wildman–Crippen MR) is 109 cm³/mol. The Bertz CT molecular complexity index is 766. The molecule has 2 aromatic rings. The lowest BCUT2D eigenvalue weighted by Crippen LogP contribution is -2.33. The second kappa shape index (κ2) is 8.22. The van der Waals surface area contributed by atoms with Gasteiger partial charge in [-0.05, 0) is 73.2 Å². The number of likely N-dealkylation sites (tertiary alicyclic amines) is 1. The number of hydrogen-bond donors (Lipinski definition) is 1. The van der Waals surface area contributed by atoms with Gasteiger partial charge >= 0.3 is 0 Å². The molecule has 0 aromatic heterocycles. The number of hydrogen-bond acceptors (Lipinski definition) is 3. The summed E-state index contributed by atoms with van der Waals surface area (Å²) in [6, 6.07) is 15.9. The van der Waals surface area contributed by atoms with Crippen molar-refractivity contribution in [1.82, 2.24) is 4.90 Å². The molecule has 6 heteroatoms. The fourth-order valence-corrected chi connectivity index (χ4v) is 4.90. The lowest BCUT2D eigenvalue weighted by Gasteiger charge is -2.19. The van der Waals surface area contributed by atoms with E-state index in [2.05, 4.69) is 0 Å². The summed E-state index contributed by atoms with van der Waals surface area (Å²) in [6.45, 7) is 1.67. The van der Waals surface area contributed by atoms with Crippen LogP contribution >= 0.6 is 35.8 Å². The first kappa shape index (κ1) is 19.6. The zero-order valence-corrected chi connectivity index (χ0v) is 16.7.